The Hall–Kier alpha value is -2.12. The maximum Gasteiger partial charge on any atom is 0.260 e. The van der Waals surface area contributed by atoms with E-state index in [2.05, 4.69) is 15.3 Å². The maximum absolute atomic E-state index is 12.7. The second-order valence-corrected chi connectivity index (χ2v) is 9.76. The van der Waals surface area contributed by atoms with Crippen LogP contribution in [0, 0.1) is 5.92 Å². The van der Waals surface area contributed by atoms with Crippen LogP contribution >= 0.6 is 23.1 Å². The van der Waals surface area contributed by atoms with Crippen LogP contribution in [0.3, 0.4) is 0 Å². The lowest BCUT2D eigenvalue weighted by Crippen LogP contribution is -2.35. The fourth-order valence-corrected chi connectivity index (χ4v) is 5.64. The number of benzene rings is 1. The number of nitrogens with zero attached hydrogens (tertiary/aromatic N) is 1. The molecule has 0 radical (unpaired) electrons. The molecule has 1 atom stereocenters. The molecule has 29 heavy (non-hydrogen) atoms. The topological polar surface area (TPSA) is 74.8 Å². The summed E-state index contributed by atoms with van der Waals surface area (Å²) in [5.41, 5.74) is 1.74. The molecule has 1 aromatic carbocycles. The first-order valence-electron chi connectivity index (χ1n) is 10.1. The van der Waals surface area contributed by atoms with Gasteiger partial charge in [0.15, 0.2) is 5.16 Å². The van der Waals surface area contributed by atoms with Gasteiger partial charge in [0.25, 0.3) is 5.56 Å². The van der Waals surface area contributed by atoms with Crippen molar-refractivity contribution in [1.29, 1.82) is 0 Å². The molecule has 3 aromatic rings. The van der Waals surface area contributed by atoms with E-state index in [1.807, 2.05) is 42.6 Å². The van der Waals surface area contributed by atoms with E-state index >= 15 is 0 Å². The molecular formula is C22H25N3O2S2. The molecular weight excluding hydrogens is 402 g/mol. The molecule has 0 aliphatic heterocycles. The lowest BCUT2D eigenvalue weighted by atomic mass is 9.89. The van der Waals surface area contributed by atoms with Crippen molar-refractivity contribution in [3.8, 4) is 11.1 Å². The van der Waals surface area contributed by atoms with Gasteiger partial charge in [0.05, 0.1) is 10.6 Å². The highest BCUT2D eigenvalue weighted by molar-refractivity contribution is 8.00. The lowest BCUT2D eigenvalue weighted by molar-refractivity contribution is -0.120. The predicted molar refractivity (Wildman–Crippen MR) is 121 cm³/mol. The maximum atomic E-state index is 12.7. The molecule has 1 fully saturated rings. The van der Waals surface area contributed by atoms with Gasteiger partial charge in [-0.2, -0.15) is 0 Å². The standard InChI is InChI=1S/C22H25N3O2S2/c1-14(19(26)23-12-15-8-4-2-5-9-15)29-22-24-20(27)18-17(13-28-21(18)25-22)16-10-6-3-7-11-16/h3,6-7,10-11,13-15H,2,4-5,8-9,12H2,1H3,(H,23,26)(H,24,25,27). The van der Waals surface area contributed by atoms with E-state index < -0.39 is 0 Å². The number of H-pyrrole nitrogens is 1. The van der Waals surface area contributed by atoms with Gasteiger partial charge in [-0.3, -0.25) is 9.59 Å². The Balaban J connectivity index is 1.45. The van der Waals surface area contributed by atoms with E-state index in [9.17, 15) is 9.59 Å². The molecule has 4 rings (SSSR count). The summed E-state index contributed by atoms with van der Waals surface area (Å²) in [7, 11) is 0. The third kappa shape index (κ3) is 4.73. The average molecular weight is 428 g/mol. The van der Waals surface area contributed by atoms with Gasteiger partial charge in [-0.05, 0) is 31.2 Å². The summed E-state index contributed by atoms with van der Waals surface area (Å²) < 4.78 is 0. The zero-order valence-electron chi connectivity index (χ0n) is 16.4. The smallest absolute Gasteiger partial charge is 0.260 e. The number of carbonyl (C=O) groups excluding carboxylic acids is 1. The van der Waals surface area contributed by atoms with E-state index in [0.717, 1.165) is 17.7 Å². The van der Waals surface area contributed by atoms with Gasteiger partial charge in [0, 0.05) is 17.5 Å². The molecule has 1 aliphatic rings. The molecule has 2 aromatic heterocycles. The van der Waals surface area contributed by atoms with Crippen LogP contribution in [0.25, 0.3) is 21.3 Å². The largest absolute Gasteiger partial charge is 0.355 e. The van der Waals surface area contributed by atoms with E-state index in [4.69, 9.17) is 0 Å². The second kappa shape index (κ2) is 9.13. The summed E-state index contributed by atoms with van der Waals surface area (Å²) in [5, 5.41) is 5.83. The van der Waals surface area contributed by atoms with Crippen molar-refractivity contribution in [2.45, 2.75) is 49.4 Å². The summed E-state index contributed by atoms with van der Waals surface area (Å²) in [4.78, 5) is 33.4. The zero-order chi connectivity index (χ0) is 20.2. The Kier molecular flexibility index (Phi) is 6.35. The molecule has 1 aliphatic carbocycles. The van der Waals surface area contributed by atoms with Crippen LogP contribution in [0.15, 0.2) is 45.7 Å². The highest BCUT2D eigenvalue weighted by Gasteiger charge is 2.20. The van der Waals surface area contributed by atoms with Gasteiger partial charge < -0.3 is 10.3 Å². The van der Waals surface area contributed by atoms with Crippen molar-refractivity contribution in [1.82, 2.24) is 15.3 Å². The van der Waals surface area contributed by atoms with Crippen molar-refractivity contribution in [3.63, 3.8) is 0 Å². The number of thioether (sulfide) groups is 1. The Morgan fingerprint density at radius 3 is 2.79 bits per heavy atom. The summed E-state index contributed by atoms with van der Waals surface area (Å²) in [6.07, 6.45) is 6.25. The number of aromatic amines is 1. The van der Waals surface area contributed by atoms with E-state index in [0.29, 0.717) is 21.3 Å². The highest BCUT2D eigenvalue weighted by atomic mass is 32.2. The number of rotatable bonds is 6. The number of hydrogen-bond donors (Lipinski definition) is 2. The van der Waals surface area contributed by atoms with Crippen LogP contribution in [-0.4, -0.2) is 27.7 Å². The third-order valence-electron chi connectivity index (χ3n) is 5.45. The van der Waals surface area contributed by atoms with Crippen molar-refractivity contribution in [2.75, 3.05) is 6.54 Å². The average Bonchev–Trinajstić information content (AvgIpc) is 3.18. The molecule has 1 amide bonds. The number of amides is 1. The minimum Gasteiger partial charge on any atom is -0.355 e. The van der Waals surface area contributed by atoms with Crippen LogP contribution in [0.5, 0.6) is 0 Å². The molecule has 152 valence electrons. The second-order valence-electron chi connectivity index (χ2n) is 7.58. The predicted octanol–water partition coefficient (Wildman–Crippen LogP) is 4.83. The monoisotopic (exact) mass is 427 g/mol. The first-order chi connectivity index (χ1) is 14.1. The minimum atomic E-state index is -0.312. The number of aromatic nitrogens is 2. The Morgan fingerprint density at radius 2 is 2.03 bits per heavy atom. The van der Waals surface area contributed by atoms with Crippen LogP contribution < -0.4 is 10.9 Å². The van der Waals surface area contributed by atoms with Gasteiger partial charge in [0.2, 0.25) is 5.91 Å². The first kappa shape index (κ1) is 20.2. The Morgan fingerprint density at radius 1 is 1.28 bits per heavy atom. The molecule has 2 heterocycles. The van der Waals surface area contributed by atoms with E-state index in [1.165, 1.54) is 55.2 Å². The first-order valence-corrected chi connectivity index (χ1v) is 11.9. The zero-order valence-corrected chi connectivity index (χ0v) is 18.1. The van der Waals surface area contributed by atoms with Crippen molar-refractivity contribution in [2.24, 2.45) is 5.92 Å². The Labute approximate surface area is 178 Å². The lowest BCUT2D eigenvalue weighted by Gasteiger charge is -2.22. The number of nitrogens with one attached hydrogen (secondary N) is 2. The quantitative estimate of drug-likeness (QED) is 0.436. The minimum absolute atomic E-state index is 0.000487. The van der Waals surface area contributed by atoms with Crippen molar-refractivity contribution < 1.29 is 4.79 Å². The fraction of sp³-hybridized carbons (Fsp3) is 0.409. The number of carbonyl (C=O) groups is 1. The van der Waals surface area contributed by atoms with Crippen LogP contribution in [0.2, 0.25) is 0 Å². The molecule has 0 spiro atoms. The number of hydrogen-bond acceptors (Lipinski definition) is 5. The molecule has 1 saturated carbocycles. The summed E-state index contributed by atoms with van der Waals surface area (Å²) in [6.45, 7) is 2.60. The number of fused-ring (bicyclic) bond motifs is 1. The summed E-state index contributed by atoms with van der Waals surface area (Å²) in [6, 6.07) is 9.84. The molecule has 2 N–H and O–H groups in total. The SMILES string of the molecule is CC(Sc1nc2scc(-c3ccccc3)c2c(=O)[nH]1)C(=O)NCC1CCCCC1. The van der Waals surface area contributed by atoms with E-state index in [-0.39, 0.29) is 16.7 Å². The number of thiophene rings is 1. The van der Waals surface area contributed by atoms with Gasteiger partial charge in [0.1, 0.15) is 4.83 Å². The van der Waals surface area contributed by atoms with E-state index in [1.54, 1.807) is 0 Å². The molecule has 7 heteroatoms. The van der Waals surface area contributed by atoms with Crippen LogP contribution in [0.4, 0.5) is 0 Å². The molecule has 5 nitrogen and oxygen atoms in total. The normalized spacial score (nSPS) is 16.0. The van der Waals surface area contributed by atoms with Crippen LogP contribution in [0.1, 0.15) is 39.0 Å². The van der Waals surface area contributed by atoms with Crippen molar-refractivity contribution >= 4 is 39.2 Å². The molecule has 1 unspecified atom stereocenters. The summed E-state index contributed by atoms with van der Waals surface area (Å²) >= 11 is 2.76. The Bertz CT molecular complexity index is 1040. The summed E-state index contributed by atoms with van der Waals surface area (Å²) in [5.74, 6) is 0.598. The highest BCUT2D eigenvalue weighted by Crippen LogP contribution is 2.32. The molecule has 0 bridgehead atoms. The van der Waals surface area contributed by atoms with Gasteiger partial charge in [-0.1, -0.05) is 61.4 Å². The van der Waals surface area contributed by atoms with Gasteiger partial charge in [-0.25, -0.2) is 4.98 Å². The van der Waals surface area contributed by atoms with Crippen LogP contribution in [-0.2, 0) is 4.79 Å². The van der Waals surface area contributed by atoms with Gasteiger partial charge >= 0.3 is 0 Å². The molecule has 0 saturated heterocycles. The third-order valence-corrected chi connectivity index (χ3v) is 7.31. The van der Waals surface area contributed by atoms with Gasteiger partial charge in [-0.15, -0.1) is 11.3 Å². The van der Waals surface area contributed by atoms with Crippen molar-refractivity contribution in [3.05, 3.63) is 46.1 Å². The fourth-order valence-electron chi connectivity index (χ4n) is 3.82.